The van der Waals surface area contributed by atoms with E-state index in [1.807, 2.05) is 30.3 Å². The molecule has 0 N–H and O–H groups in total. The zero-order valence-electron chi connectivity index (χ0n) is 20.5. The molecule has 4 nitrogen and oxygen atoms in total. The van der Waals surface area contributed by atoms with Crippen molar-refractivity contribution in [1.82, 2.24) is 4.57 Å². The van der Waals surface area contributed by atoms with E-state index in [2.05, 4.69) is 83.4 Å². The predicted molar refractivity (Wildman–Crippen MR) is 151 cm³/mol. The molecule has 2 heterocycles. The van der Waals surface area contributed by atoms with Crippen LogP contribution in [0.5, 0.6) is 0 Å². The van der Waals surface area contributed by atoms with Crippen molar-refractivity contribution in [2.75, 3.05) is 0 Å². The van der Waals surface area contributed by atoms with E-state index in [4.69, 9.17) is 4.42 Å². The van der Waals surface area contributed by atoms with E-state index in [0.717, 1.165) is 46.0 Å². The fraction of sp³-hybridized carbons (Fsp3) is 0.0588. The van der Waals surface area contributed by atoms with E-state index in [9.17, 15) is 10.5 Å². The second-order valence-corrected chi connectivity index (χ2v) is 9.59. The molecule has 0 bridgehead atoms. The Morgan fingerprint density at radius 1 is 0.605 bits per heavy atom. The number of nitrogens with zero attached hydrogens (tertiary/aromatic N) is 3. The Kier molecular flexibility index (Phi) is 5.00. The molecule has 0 saturated heterocycles. The summed E-state index contributed by atoms with van der Waals surface area (Å²) in [7, 11) is 0. The van der Waals surface area contributed by atoms with Crippen molar-refractivity contribution in [3.05, 3.63) is 125 Å². The summed E-state index contributed by atoms with van der Waals surface area (Å²) in [6.07, 6.45) is 1.55. The van der Waals surface area contributed by atoms with Gasteiger partial charge in [0.15, 0.2) is 0 Å². The fourth-order valence-electron chi connectivity index (χ4n) is 5.58. The molecule has 0 unspecified atom stereocenters. The number of hydrogen-bond donors (Lipinski definition) is 0. The third-order valence-electron chi connectivity index (χ3n) is 7.34. The van der Waals surface area contributed by atoms with E-state index in [1.165, 1.54) is 27.4 Å². The van der Waals surface area contributed by atoms with Gasteiger partial charge < -0.3 is 8.98 Å². The molecule has 0 fully saturated rings. The van der Waals surface area contributed by atoms with Gasteiger partial charge in [0.25, 0.3) is 0 Å². The molecule has 0 radical (unpaired) electrons. The lowest BCUT2D eigenvalue weighted by Gasteiger charge is -2.08. The Bertz CT molecular complexity index is 2100. The third kappa shape index (κ3) is 3.44. The number of benzene rings is 5. The number of aromatic nitrogens is 1. The number of nitriles is 2. The maximum absolute atomic E-state index is 9.70. The number of fused-ring (bicyclic) bond motifs is 6. The van der Waals surface area contributed by atoms with E-state index in [0.29, 0.717) is 11.1 Å². The van der Waals surface area contributed by atoms with E-state index < -0.39 is 0 Å². The topological polar surface area (TPSA) is 65.7 Å². The van der Waals surface area contributed by atoms with Gasteiger partial charge in [0.1, 0.15) is 11.2 Å². The van der Waals surface area contributed by atoms with Crippen LogP contribution >= 0.6 is 0 Å². The number of aryl methyl sites for hydroxylation is 2. The normalized spacial score (nSPS) is 11.3. The Morgan fingerprint density at radius 3 is 2.21 bits per heavy atom. The zero-order chi connectivity index (χ0) is 25.6. The molecule has 0 saturated carbocycles. The molecule has 7 rings (SSSR count). The Morgan fingerprint density at radius 2 is 1.37 bits per heavy atom. The Balaban J connectivity index is 1.31. The van der Waals surface area contributed by atoms with Crippen LogP contribution in [-0.2, 0) is 12.8 Å². The van der Waals surface area contributed by atoms with Gasteiger partial charge in [0, 0.05) is 27.2 Å². The average Bonchev–Trinajstić information content (AvgIpc) is 3.51. The first-order valence-corrected chi connectivity index (χ1v) is 12.6. The molecular formula is C34H21N3O. The lowest BCUT2D eigenvalue weighted by Crippen LogP contribution is -1.95. The van der Waals surface area contributed by atoms with Gasteiger partial charge in [-0.15, -0.1) is 0 Å². The summed E-state index contributed by atoms with van der Waals surface area (Å²) in [6.45, 7) is 0. The molecular weight excluding hydrogens is 466 g/mol. The lowest BCUT2D eigenvalue weighted by atomic mass is 9.98. The third-order valence-corrected chi connectivity index (χ3v) is 7.34. The summed E-state index contributed by atoms with van der Waals surface area (Å²) >= 11 is 0. The second-order valence-electron chi connectivity index (χ2n) is 9.59. The summed E-state index contributed by atoms with van der Waals surface area (Å²) in [5.74, 6) is 0. The summed E-state index contributed by atoms with van der Waals surface area (Å²) in [6, 6.07) is 39.4. The minimum absolute atomic E-state index is 0.576. The van der Waals surface area contributed by atoms with Crippen LogP contribution in [0.3, 0.4) is 0 Å². The van der Waals surface area contributed by atoms with Crippen LogP contribution in [0, 0.1) is 22.7 Å². The summed E-state index contributed by atoms with van der Waals surface area (Å²) in [4.78, 5) is 0. The van der Waals surface area contributed by atoms with Crippen molar-refractivity contribution in [1.29, 1.82) is 10.5 Å². The van der Waals surface area contributed by atoms with Crippen molar-refractivity contribution in [2.24, 2.45) is 0 Å². The molecule has 0 aliphatic heterocycles. The average molecular weight is 488 g/mol. The molecule has 2 aromatic heterocycles. The number of para-hydroxylation sites is 2. The Labute approximate surface area is 219 Å². The van der Waals surface area contributed by atoms with Gasteiger partial charge in [0.05, 0.1) is 34.3 Å². The van der Waals surface area contributed by atoms with Crippen LogP contribution in [0.2, 0.25) is 0 Å². The highest BCUT2D eigenvalue weighted by Gasteiger charge is 2.15. The van der Waals surface area contributed by atoms with Crippen molar-refractivity contribution in [2.45, 2.75) is 12.8 Å². The summed E-state index contributed by atoms with van der Waals surface area (Å²) in [5.41, 5.74) is 8.43. The molecule has 178 valence electrons. The van der Waals surface area contributed by atoms with Crippen LogP contribution in [-0.4, -0.2) is 4.57 Å². The highest BCUT2D eigenvalue weighted by atomic mass is 16.3. The van der Waals surface area contributed by atoms with Crippen LogP contribution in [0.4, 0.5) is 0 Å². The molecule has 0 aliphatic rings. The molecule has 0 amide bonds. The van der Waals surface area contributed by atoms with Crippen LogP contribution < -0.4 is 0 Å². The predicted octanol–water partition coefficient (Wildman–Crippen LogP) is 8.21. The smallest absolute Gasteiger partial charge is 0.138 e. The molecule has 5 aromatic carbocycles. The number of rotatable bonds is 4. The second kappa shape index (κ2) is 8.66. The first kappa shape index (κ1) is 21.9. The standard InChI is InChI=1S/C34H21N3O/c35-20-23-12-15-33-29(18-23)30-19-24(21-36)16-25(34(30)38-33)13-10-22-11-14-32-28(17-22)27-8-4-5-9-31(27)37(32)26-6-2-1-3-7-26/h1-9,11-12,14-19H,10,13H2. The monoisotopic (exact) mass is 487 g/mol. The van der Waals surface area contributed by atoms with Crippen LogP contribution in [0.15, 0.2) is 108 Å². The molecule has 0 spiro atoms. The van der Waals surface area contributed by atoms with E-state index in [1.54, 1.807) is 6.07 Å². The first-order valence-electron chi connectivity index (χ1n) is 12.6. The lowest BCUT2D eigenvalue weighted by molar-refractivity contribution is 0.661. The minimum Gasteiger partial charge on any atom is -0.456 e. The van der Waals surface area contributed by atoms with Crippen LogP contribution in [0.1, 0.15) is 22.3 Å². The van der Waals surface area contributed by atoms with Gasteiger partial charge in [-0.05, 0) is 84.6 Å². The quantitative estimate of drug-likeness (QED) is 0.251. The van der Waals surface area contributed by atoms with Gasteiger partial charge >= 0.3 is 0 Å². The largest absolute Gasteiger partial charge is 0.456 e. The van der Waals surface area contributed by atoms with Crippen LogP contribution in [0.25, 0.3) is 49.4 Å². The molecule has 38 heavy (non-hydrogen) atoms. The first-order chi connectivity index (χ1) is 18.7. The van der Waals surface area contributed by atoms with Gasteiger partial charge in [0.2, 0.25) is 0 Å². The van der Waals surface area contributed by atoms with Crippen molar-refractivity contribution < 1.29 is 4.42 Å². The zero-order valence-corrected chi connectivity index (χ0v) is 20.5. The highest BCUT2D eigenvalue weighted by molar-refractivity contribution is 6.09. The Hall–Kier alpha value is -5.32. The fourth-order valence-corrected chi connectivity index (χ4v) is 5.58. The maximum atomic E-state index is 9.70. The van der Waals surface area contributed by atoms with E-state index in [-0.39, 0.29) is 0 Å². The van der Waals surface area contributed by atoms with Gasteiger partial charge in [-0.1, -0.05) is 42.5 Å². The number of hydrogen-bond acceptors (Lipinski definition) is 3. The maximum Gasteiger partial charge on any atom is 0.138 e. The van der Waals surface area contributed by atoms with Crippen molar-refractivity contribution in [3.8, 4) is 17.8 Å². The molecule has 4 heteroatoms. The van der Waals surface area contributed by atoms with Gasteiger partial charge in [-0.2, -0.15) is 10.5 Å². The summed E-state index contributed by atoms with van der Waals surface area (Å²) < 4.78 is 8.55. The minimum atomic E-state index is 0.576. The van der Waals surface area contributed by atoms with Crippen molar-refractivity contribution >= 4 is 43.7 Å². The van der Waals surface area contributed by atoms with E-state index >= 15 is 0 Å². The van der Waals surface area contributed by atoms with Gasteiger partial charge in [-0.25, -0.2) is 0 Å². The molecule has 7 aromatic rings. The molecule has 0 aliphatic carbocycles. The summed E-state index contributed by atoms with van der Waals surface area (Å²) in [5, 5.41) is 23.2. The van der Waals surface area contributed by atoms with Crippen molar-refractivity contribution in [3.63, 3.8) is 0 Å². The SMILES string of the molecule is N#Cc1ccc2oc3c(CCc4ccc5c(c4)c4ccccc4n5-c4ccccc4)cc(C#N)cc3c2c1. The number of furan rings is 1. The highest BCUT2D eigenvalue weighted by Crippen LogP contribution is 2.35. The molecule has 0 atom stereocenters. The van der Waals surface area contributed by atoms with Gasteiger partial charge in [-0.3, -0.25) is 0 Å².